The van der Waals surface area contributed by atoms with Crippen LogP contribution in [-0.4, -0.2) is 18.0 Å². The van der Waals surface area contributed by atoms with Crippen LogP contribution in [0.15, 0.2) is 18.2 Å². The van der Waals surface area contributed by atoms with Crippen LogP contribution in [0.4, 0.5) is 15.8 Å². The molecule has 2 rings (SSSR count). The lowest BCUT2D eigenvalue weighted by Crippen LogP contribution is -2.26. The first-order chi connectivity index (χ1) is 8.13. The summed E-state index contributed by atoms with van der Waals surface area (Å²) in [5, 5.41) is 10.9. The Balaban J connectivity index is 2.33. The molecule has 0 atom stereocenters. The molecule has 0 aliphatic heterocycles. The summed E-state index contributed by atoms with van der Waals surface area (Å²) in [6.07, 6.45) is 2.33. The normalized spacial score (nSPS) is 14.7. The number of halogens is 1. The Morgan fingerprint density at radius 1 is 1.53 bits per heavy atom. The molecule has 0 amide bonds. The van der Waals surface area contributed by atoms with E-state index in [1.165, 1.54) is 18.9 Å². The number of hydrogen-bond donors (Lipinski definition) is 0. The summed E-state index contributed by atoms with van der Waals surface area (Å²) in [6.45, 7) is 3.36. The van der Waals surface area contributed by atoms with E-state index >= 15 is 0 Å². The van der Waals surface area contributed by atoms with Crippen molar-refractivity contribution in [2.24, 2.45) is 5.92 Å². The van der Waals surface area contributed by atoms with Gasteiger partial charge in [0.15, 0.2) is 0 Å². The SMILES string of the molecule is CCN(CC1CC1)c1cccc(F)c1[N+](=O)[O-]. The van der Waals surface area contributed by atoms with E-state index in [0.717, 1.165) is 12.6 Å². The Bertz CT molecular complexity index is 433. The van der Waals surface area contributed by atoms with Crippen molar-refractivity contribution in [2.45, 2.75) is 19.8 Å². The molecular formula is C12H15FN2O2. The second kappa shape index (κ2) is 4.69. The fourth-order valence-electron chi connectivity index (χ4n) is 1.95. The van der Waals surface area contributed by atoms with E-state index in [1.807, 2.05) is 11.8 Å². The number of nitro benzene ring substituents is 1. The lowest BCUT2D eigenvalue weighted by atomic mass is 10.2. The summed E-state index contributed by atoms with van der Waals surface area (Å²) in [5.74, 6) is -0.153. The van der Waals surface area contributed by atoms with Crippen LogP contribution in [0.2, 0.25) is 0 Å². The standard InChI is InChI=1S/C12H15FN2O2/c1-2-14(8-9-6-7-9)11-5-3-4-10(13)12(11)15(16)17/h3-5,9H,2,6-8H2,1H3. The highest BCUT2D eigenvalue weighted by molar-refractivity contribution is 5.63. The smallest absolute Gasteiger partial charge is 0.327 e. The Morgan fingerprint density at radius 2 is 2.24 bits per heavy atom. The van der Waals surface area contributed by atoms with E-state index in [2.05, 4.69) is 0 Å². The van der Waals surface area contributed by atoms with Crippen molar-refractivity contribution in [3.63, 3.8) is 0 Å². The molecule has 0 heterocycles. The first-order valence-electron chi connectivity index (χ1n) is 5.81. The largest absolute Gasteiger partial charge is 0.366 e. The van der Waals surface area contributed by atoms with Crippen LogP contribution in [-0.2, 0) is 0 Å². The molecule has 1 aromatic carbocycles. The fourth-order valence-corrected chi connectivity index (χ4v) is 1.95. The lowest BCUT2D eigenvalue weighted by Gasteiger charge is -2.22. The van der Waals surface area contributed by atoms with E-state index in [9.17, 15) is 14.5 Å². The van der Waals surface area contributed by atoms with Gasteiger partial charge >= 0.3 is 5.69 Å². The first kappa shape index (κ1) is 11.8. The van der Waals surface area contributed by atoms with Gasteiger partial charge in [-0.05, 0) is 37.8 Å². The fraction of sp³-hybridized carbons (Fsp3) is 0.500. The third-order valence-electron chi connectivity index (χ3n) is 3.05. The van der Waals surface area contributed by atoms with Gasteiger partial charge in [0.05, 0.1) is 4.92 Å². The molecule has 17 heavy (non-hydrogen) atoms. The second-order valence-electron chi connectivity index (χ2n) is 4.35. The zero-order valence-electron chi connectivity index (χ0n) is 9.73. The molecule has 1 aromatic rings. The molecule has 4 nitrogen and oxygen atoms in total. The van der Waals surface area contributed by atoms with E-state index in [0.29, 0.717) is 18.2 Å². The van der Waals surface area contributed by atoms with Gasteiger partial charge in [0.1, 0.15) is 5.69 Å². The molecule has 0 aromatic heterocycles. The highest BCUT2D eigenvalue weighted by atomic mass is 19.1. The maximum absolute atomic E-state index is 13.5. The highest BCUT2D eigenvalue weighted by Gasteiger charge is 2.28. The summed E-state index contributed by atoms with van der Waals surface area (Å²) in [4.78, 5) is 12.2. The van der Waals surface area contributed by atoms with Crippen LogP contribution in [0.3, 0.4) is 0 Å². The van der Waals surface area contributed by atoms with Crippen LogP contribution in [0, 0.1) is 21.8 Å². The van der Waals surface area contributed by atoms with E-state index < -0.39 is 16.4 Å². The minimum Gasteiger partial charge on any atom is -0.366 e. The molecule has 0 radical (unpaired) electrons. The summed E-state index contributed by atoms with van der Waals surface area (Å²) in [6, 6.07) is 4.27. The van der Waals surface area contributed by atoms with Crippen molar-refractivity contribution in [3.8, 4) is 0 Å². The van der Waals surface area contributed by atoms with Crippen molar-refractivity contribution >= 4 is 11.4 Å². The van der Waals surface area contributed by atoms with Gasteiger partial charge in [0.2, 0.25) is 5.82 Å². The van der Waals surface area contributed by atoms with Crippen LogP contribution < -0.4 is 4.90 Å². The van der Waals surface area contributed by atoms with Crippen molar-refractivity contribution in [2.75, 3.05) is 18.0 Å². The first-order valence-corrected chi connectivity index (χ1v) is 5.81. The van der Waals surface area contributed by atoms with Gasteiger partial charge in [0, 0.05) is 13.1 Å². The average molecular weight is 238 g/mol. The van der Waals surface area contributed by atoms with Gasteiger partial charge in [0.25, 0.3) is 0 Å². The quantitative estimate of drug-likeness (QED) is 0.585. The topological polar surface area (TPSA) is 46.4 Å². The van der Waals surface area contributed by atoms with Crippen LogP contribution in [0.5, 0.6) is 0 Å². The molecule has 0 bridgehead atoms. The van der Waals surface area contributed by atoms with E-state index in [4.69, 9.17) is 0 Å². The molecule has 0 saturated heterocycles. The molecule has 92 valence electrons. The number of nitrogens with zero attached hydrogens (tertiary/aromatic N) is 2. The molecule has 0 spiro atoms. The molecule has 1 aliphatic rings. The minimum atomic E-state index is -0.762. The van der Waals surface area contributed by atoms with Gasteiger partial charge in [-0.15, -0.1) is 0 Å². The van der Waals surface area contributed by atoms with Crippen molar-refractivity contribution in [1.29, 1.82) is 0 Å². The minimum absolute atomic E-state index is 0.393. The van der Waals surface area contributed by atoms with Crippen molar-refractivity contribution < 1.29 is 9.31 Å². The molecule has 0 unspecified atom stereocenters. The molecule has 1 saturated carbocycles. The molecule has 1 fully saturated rings. The number of benzene rings is 1. The maximum atomic E-state index is 13.5. The van der Waals surface area contributed by atoms with E-state index in [-0.39, 0.29) is 0 Å². The van der Waals surface area contributed by atoms with Gasteiger partial charge in [-0.3, -0.25) is 10.1 Å². The Morgan fingerprint density at radius 3 is 2.76 bits per heavy atom. The summed E-state index contributed by atoms with van der Waals surface area (Å²) >= 11 is 0. The van der Waals surface area contributed by atoms with Gasteiger partial charge in [-0.2, -0.15) is 4.39 Å². The van der Waals surface area contributed by atoms with Crippen molar-refractivity contribution in [1.82, 2.24) is 0 Å². The average Bonchev–Trinajstić information content (AvgIpc) is 3.08. The third kappa shape index (κ3) is 2.54. The number of hydrogen-bond acceptors (Lipinski definition) is 3. The van der Waals surface area contributed by atoms with Crippen molar-refractivity contribution in [3.05, 3.63) is 34.1 Å². The third-order valence-corrected chi connectivity index (χ3v) is 3.05. The number of anilines is 1. The van der Waals surface area contributed by atoms with Crippen LogP contribution >= 0.6 is 0 Å². The molecular weight excluding hydrogens is 223 g/mol. The summed E-state index contributed by atoms with van der Waals surface area (Å²) in [5.41, 5.74) is -0.0144. The monoisotopic (exact) mass is 238 g/mol. The summed E-state index contributed by atoms with van der Waals surface area (Å²) in [7, 11) is 0. The lowest BCUT2D eigenvalue weighted by molar-refractivity contribution is -0.386. The molecule has 1 aliphatic carbocycles. The van der Waals surface area contributed by atoms with E-state index in [1.54, 1.807) is 6.07 Å². The van der Waals surface area contributed by atoms with Crippen LogP contribution in [0.25, 0.3) is 0 Å². The number of para-hydroxylation sites is 1. The number of nitro groups is 1. The maximum Gasteiger partial charge on any atom is 0.327 e. The van der Waals surface area contributed by atoms with Gasteiger partial charge < -0.3 is 4.90 Å². The predicted octanol–water partition coefficient (Wildman–Crippen LogP) is 2.97. The molecule has 0 N–H and O–H groups in total. The summed E-state index contributed by atoms with van der Waals surface area (Å²) < 4.78 is 13.5. The van der Waals surface area contributed by atoms with Gasteiger partial charge in [-0.1, -0.05) is 6.07 Å². The Hall–Kier alpha value is -1.65. The Kier molecular flexibility index (Phi) is 3.26. The Labute approximate surface area is 99.2 Å². The van der Waals surface area contributed by atoms with Gasteiger partial charge in [-0.25, -0.2) is 0 Å². The number of rotatable bonds is 5. The van der Waals surface area contributed by atoms with Crippen LogP contribution in [0.1, 0.15) is 19.8 Å². The zero-order valence-corrected chi connectivity index (χ0v) is 9.73. The molecule has 5 heteroatoms. The second-order valence-corrected chi connectivity index (χ2v) is 4.35. The highest BCUT2D eigenvalue weighted by Crippen LogP contribution is 2.35. The predicted molar refractivity (Wildman–Crippen MR) is 63.7 cm³/mol. The zero-order chi connectivity index (χ0) is 12.4.